The van der Waals surface area contributed by atoms with E-state index in [2.05, 4.69) is 4.98 Å². The molecule has 2 N–H and O–H groups in total. The first-order valence-electron chi connectivity index (χ1n) is 4.91. The van der Waals surface area contributed by atoms with Gasteiger partial charge in [-0.25, -0.2) is 4.98 Å². The quantitative estimate of drug-likeness (QED) is 0.834. The van der Waals surface area contributed by atoms with Gasteiger partial charge in [-0.3, -0.25) is 0 Å². The van der Waals surface area contributed by atoms with Crippen molar-refractivity contribution in [3.05, 3.63) is 16.1 Å². The van der Waals surface area contributed by atoms with Gasteiger partial charge in [-0.15, -0.1) is 11.3 Å². The molecule has 0 aliphatic heterocycles. The lowest BCUT2D eigenvalue weighted by Gasteiger charge is -2.44. The van der Waals surface area contributed by atoms with Gasteiger partial charge in [0.2, 0.25) is 0 Å². The highest BCUT2D eigenvalue weighted by Crippen LogP contribution is 2.43. The van der Waals surface area contributed by atoms with Gasteiger partial charge in [0.05, 0.1) is 22.3 Å². The van der Waals surface area contributed by atoms with Crippen LogP contribution in [0.15, 0.2) is 5.38 Å². The molecule has 0 saturated heterocycles. The Hall–Kier alpha value is -0.450. The smallest absolute Gasteiger partial charge is 0.0898 e. The van der Waals surface area contributed by atoms with E-state index in [0.717, 1.165) is 23.5 Å². The summed E-state index contributed by atoms with van der Waals surface area (Å²) < 4.78 is 5.54. The van der Waals surface area contributed by atoms with Gasteiger partial charge >= 0.3 is 0 Å². The van der Waals surface area contributed by atoms with Crippen LogP contribution in [-0.4, -0.2) is 17.7 Å². The second-order valence-electron chi connectivity index (χ2n) is 3.89. The Balaban J connectivity index is 2.18. The molecule has 1 saturated carbocycles. The Morgan fingerprint density at radius 3 is 2.71 bits per heavy atom. The van der Waals surface area contributed by atoms with E-state index < -0.39 is 0 Å². The molecule has 14 heavy (non-hydrogen) atoms. The highest BCUT2D eigenvalue weighted by Gasteiger charge is 2.44. The molecule has 1 aliphatic carbocycles. The molecule has 1 aliphatic rings. The van der Waals surface area contributed by atoms with Gasteiger partial charge in [0, 0.05) is 12.5 Å². The van der Waals surface area contributed by atoms with Gasteiger partial charge in [0.15, 0.2) is 0 Å². The summed E-state index contributed by atoms with van der Waals surface area (Å²) in [6.07, 6.45) is 3.33. The predicted molar refractivity (Wildman–Crippen MR) is 57.4 cm³/mol. The fraction of sp³-hybridized carbons (Fsp3) is 0.700. The Bertz CT molecular complexity index is 314. The summed E-state index contributed by atoms with van der Waals surface area (Å²) in [6.45, 7) is 2.00. The van der Waals surface area contributed by atoms with Crippen molar-refractivity contribution in [1.82, 2.24) is 4.98 Å². The van der Waals surface area contributed by atoms with Crippen LogP contribution in [0.5, 0.6) is 0 Å². The van der Waals surface area contributed by atoms with E-state index in [4.69, 9.17) is 10.5 Å². The van der Waals surface area contributed by atoms with E-state index in [9.17, 15) is 0 Å². The molecule has 1 aromatic rings. The van der Waals surface area contributed by atoms with Crippen LogP contribution in [0.25, 0.3) is 0 Å². The topological polar surface area (TPSA) is 48.1 Å². The number of ether oxygens (including phenoxy) is 1. The molecule has 78 valence electrons. The summed E-state index contributed by atoms with van der Waals surface area (Å²) in [5.74, 6) is 0. The second kappa shape index (κ2) is 3.61. The zero-order chi connectivity index (χ0) is 10.2. The van der Waals surface area contributed by atoms with Crippen molar-refractivity contribution in [3.8, 4) is 0 Å². The highest BCUT2D eigenvalue weighted by atomic mass is 32.1. The lowest BCUT2D eigenvalue weighted by atomic mass is 9.74. The van der Waals surface area contributed by atoms with Gasteiger partial charge < -0.3 is 10.5 Å². The summed E-state index contributed by atoms with van der Waals surface area (Å²) in [5.41, 5.74) is 7.02. The Labute approximate surface area is 88.3 Å². The number of nitrogens with zero attached hydrogens (tertiary/aromatic N) is 1. The molecule has 0 radical (unpaired) electrons. The molecule has 1 atom stereocenters. The van der Waals surface area contributed by atoms with E-state index in [1.54, 1.807) is 18.4 Å². The third-order valence-corrected chi connectivity index (χ3v) is 3.92. The summed E-state index contributed by atoms with van der Waals surface area (Å²) in [4.78, 5) is 4.42. The monoisotopic (exact) mass is 212 g/mol. The van der Waals surface area contributed by atoms with Crippen LogP contribution in [0.1, 0.15) is 36.0 Å². The van der Waals surface area contributed by atoms with Crippen LogP contribution in [-0.2, 0) is 4.74 Å². The maximum absolute atomic E-state index is 6.18. The Morgan fingerprint density at radius 1 is 1.64 bits per heavy atom. The number of aromatic nitrogens is 1. The van der Waals surface area contributed by atoms with Gasteiger partial charge in [-0.1, -0.05) is 0 Å². The average molecular weight is 212 g/mol. The number of nitrogens with two attached hydrogens (primary N) is 1. The maximum Gasteiger partial charge on any atom is 0.0898 e. The SMILES string of the molecule is COC1(C(N)c2csc(C)n2)CCC1. The number of hydrogen-bond donors (Lipinski definition) is 1. The molecule has 1 fully saturated rings. The molecule has 1 aromatic heterocycles. The molecule has 1 unspecified atom stereocenters. The van der Waals surface area contributed by atoms with Crippen LogP contribution in [0, 0.1) is 6.92 Å². The van der Waals surface area contributed by atoms with Crippen LogP contribution in [0.2, 0.25) is 0 Å². The Kier molecular flexibility index (Phi) is 2.60. The van der Waals surface area contributed by atoms with Gasteiger partial charge in [0.1, 0.15) is 0 Å². The van der Waals surface area contributed by atoms with Crippen LogP contribution in [0.4, 0.5) is 0 Å². The van der Waals surface area contributed by atoms with Gasteiger partial charge in [-0.05, 0) is 26.2 Å². The minimum Gasteiger partial charge on any atom is -0.376 e. The first-order valence-corrected chi connectivity index (χ1v) is 5.79. The minimum atomic E-state index is -0.138. The molecule has 0 amide bonds. The summed E-state index contributed by atoms with van der Waals surface area (Å²) in [7, 11) is 1.75. The van der Waals surface area contributed by atoms with E-state index in [0.29, 0.717) is 0 Å². The number of aryl methyl sites for hydroxylation is 1. The zero-order valence-electron chi connectivity index (χ0n) is 8.62. The number of hydrogen-bond acceptors (Lipinski definition) is 4. The molecular formula is C10H16N2OS. The van der Waals surface area contributed by atoms with Gasteiger partial charge in [0.25, 0.3) is 0 Å². The second-order valence-corrected chi connectivity index (χ2v) is 4.95. The molecule has 4 heteroatoms. The molecule has 1 heterocycles. The fourth-order valence-electron chi connectivity index (χ4n) is 1.96. The largest absolute Gasteiger partial charge is 0.376 e. The fourth-order valence-corrected chi connectivity index (χ4v) is 2.61. The van der Waals surface area contributed by atoms with Crippen LogP contribution >= 0.6 is 11.3 Å². The molecular weight excluding hydrogens is 196 g/mol. The highest BCUT2D eigenvalue weighted by molar-refractivity contribution is 7.09. The first-order chi connectivity index (χ1) is 6.68. The van der Waals surface area contributed by atoms with Crippen molar-refractivity contribution in [1.29, 1.82) is 0 Å². The molecule has 2 rings (SSSR count). The third-order valence-electron chi connectivity index (χ3n) is 3.13. The summed E-state index contributed by atoms with van der Waals surface area (Å²) in [5, 5.41) is 3.11. The van der Waals surface area contributed by atoms with Crippen molar-refractivity contribution >= 4 is 11.3 Å². The van der Waals surface area contributed by atoms with Crippen molar-refractivity contribution in [3.63, 3.8) is 0 Å². The Morgan fingerprint density at radius 2 is 2.36 bits per heavy atom. The van der Waals surface area contributed by atoms with E-state index in [1.807, 2.05) is 12.3 Å². The van der Waals surface area contributed by atoms with Crippen molar-refractivity contribution in [2.45, 2.75) is 37.8 Å². The van der Waals surface area contributed by atoms with Gasteiger partial charge in [-0.2, -0.15) is 0 Å². The van der Waals surface area contributed by atoms with Crippen molar-refractivity contribution in [2.75, 3.05) is 7.11 Å². The molecule has 0 aromatic carbocycles. The van der Waals surface area contributed by atoms with E-state index in [1.165, 1.54) is 6.42 Å². The molecule has 3 nitrogen and oxygen atoms in total. The lowest BCUT2D eigenvalue weighted by molar-refractivity contribution is -0.0918. The third kappa shape index (κ3) is 1.47. The van der Waals surface area contributed by atoms with E-state index in [-0.39, 0.29) is 11.6 Å². The number of thiazole rings is 1. The summed E-state index contributed by atoms with van der Waals surface area (Å²) in [6, 6.07) is -0.0637. The average Bonchev–Trinajstić information content (AvgIpc) is 2.50. The number of rotatable bonds is 3. The number of methoxy groups -OCH3 is 1. The van der Waals surface area contributed by atoms with Crippen molar-refractivity contribution < 1.29 is 4.74 Å². The zero-order valence-corrected chi connectivity index (χ0v) is 9.43. The van der Waals surface area contributed by atoms with Crippen LogP contribution in [0.3, 0.4) is 0 Å². The first kappa shape index (κ1) is 10.1. The summed E-state index contributed by atoms with van der Waals surface area (Å²) >= 11 is 1.65. The normalized spacial score (nSPS) is 21.6. The minimum absolute atomic E-state index is 0.0637. The predicted octanol–water partition coefficient (Wildman–Crippen LogP) is 2.02. The van der Waals surface area contributed by atoms with Crippen LogP contribution < -0.4 is 5.73 Å². The molecule has 0 bridgehead atoms. The standard InChI is InChI=1S/C10H16N2OS/c1-7-12-8(6-14-7)9(11)10(13-2)4-3-5-10/h6,9H,3-5,11H2,1-2H3. The van der Waals surface area contributed by atoms with E-state index >= 15 is 0 Å². The maximum atomic E-state index is 6.18. The lowest BCUT2D eigenvalue weighted by Crippen LogP contribution is -2.48. The van der Waals surface area contributed by atoms with Crippen molar-refractivity contribution in [2.24, 2.45) is 5.73 Å². The molecule has 0 spiro atoms.